The zero-order valence-corrected chi connectivity index (χ0v) is 18.8. The summed E-state index contributed by atoms with van der Waals surface area (Å²) in [7, 11) is -3.68. The van der Waals surface area contributed by atoms with Crippen molar-refractivity contribution >= 4 is 15.9 Å². The highest BCUT2D eigenvalue weighted by Crippen LogP contribution is 2.20. The van der Waals surface area contributed by atoms with Gasteiger partial charge in [0.05, 0.1) is 4.90 Å². The molecule has 1 atom stereocenters. The Morgan fingerprint density at radius 3 is 2.57 bits per heavy atom. The smallest absolute Gasteiger partial charge is 0.251 e. The molecule has 2 N–H and O–H groups in total. The minimum Gasteiger partial charge on any atom is -0.352 e. The van der Waals surface area contributed by atoms with Gasteiger partial charge in [0.1, 0.15) is 0 Å². The lowest BCUT2D eigenvalue weighted by Gasteiger charge is -2.35. The molecule has 6 nitrogen and oxygen atoms in total. The van der Waals surface area contributed by atoms with Gasteiger partial charge in [-0.05, 0) is 84.5 Å². The van der Waals surface area contributed by atoms with Crippen LogP contribution in [0.2, 0.25) is 0 Å². The number of likely N-dealkylation sites (tertiary alicyclic amines) is 1. The first-order chi connectivity index (χ1) is 12.9. The number of aryl methyl sites for hydroxylation is 1. The standard InChI is InChI=1S/C21H35N3O3S/c1-15(2)24-11-7-8-17(14-24)13-22-20(25)19-12-18(10-9-16(19)3)28(26,27)23-21(4,5)6/h9-10,12,15,17,23H,7-8,11,13-14H2,1-6H3,(H,22,25). The van der Waals surface area contributed by atoms with E-state index < -0.39 is 15.6 Å². The van der Waals surface area contributed by atoms with Crippen LogP contribution >= 0.6 is 0 Å². The number of benzene rings is 1. The Hall–Kier alpha value is -1.44. The first-order valence-corrected chi connectivity index (χ1v) is 11.5. The maximum Gasteiger partial charge on any atom is 0.251 e. The fraction of sp³-hybridized carbons (Fsp3) is 0.667. The Balaban J connectivity index is 2.09. The van der Waals surface area contributed by atoms with Crippen molar-refractivity contribution in [3.8, 4) is 0 Å². The lowest BCUT2D eigenvalue weighted by Crippen LogP contribution is -2.43. The number of sulfonamides is 1. The van der Waals surface area contributed by atoms with Crippen LogP contribution in [0, 0.1) is 12.8 Å². The van der Waals surface area contributed by atoms with Crippen molar-refractivity contribution in [2.24, 2.45) is 5.92 Å². The first-order valence-electron chi connectivity index (χ1n) is 10.1. The van der Waals surface area contributed by atoms with E-state index in [1.165, 1.54) is 6.07 Å². The number of carbonyl (C=O) groups is 1. The van der Waals surface area contributed by atoms with Gasteiger partial charge in [-0.15, -0.1) is 0 Å². The van der Waals surface area contributed by atoms with Crippen molar-refractivity contribution in [1.29, 1.82) is 0 Å². The summed E-state index contributed by atoms with van der Waals surface area (Å²) in [5.41, 5.74) is 0.586. The average molecular weight is 410 g/mol. The predicted octanol–water partition coefficient (Wildman–Crippen LogP) is 2.92. The van der Waals surface area contributed by atoms with Crippen molar-refractivity contribution in [3.63, 3.8) is 0 Å². The minimum absolute atomic E-state index is 0.113. The minimum atomic E-state index is -3.68. The fourth-order valence-electron chi connectivity index (χ4n) is 3.54. The molecule has 2 rings (SSSR count). The van der Waals surface area contributed by atoms with Gasteiger partial charge in [-0.3, -0.25) is 4.79 Å². The molecule has 28 heavy (non-hydrogen) atoms. The van der Waals surface area contributed by atoms with Gasteiger partial charge in [-0.2, -0.15) is 0 Å². The normalized spacial score (nSPS) is 19.0. The Morgan fingerprint density at radius 1 is 1.29 bits per heavy atom. The van der Waals surface area contributed by atoms with E-state index in [4.69, 9.17) is 0 Å². The third-order valence-corrected chi connectivity index (χ3v) is 6.79. The molecule has 0 radical (unpaired) electrons. The second-order valence-corrected chi connectivity index (χ2v) is 10.8. The van der Waals surface area contributed by atoms with E-state index in [2.05, 4.69) is 28.8 Å². The molecule has 1 amide bonds. The van der Waals surface area contributed by atoms with Crippen molar-refractivity contribution in [2.45, 2.75) is 70.9 Å². The fourth-order valence-corrected chi connectivity index (χ4v) is 4.98. The zero-order chi connectivity index (χ0) is 21.1. The second kappa shape index (κ2) is 8.93. The molecule has 1 heterocycles. The molecular weight excluding hydrogens is 374 g/mol. The van der Waals surface area contributed by atoms with E-state index in [0.717, 1.165) is 31.5 Å². The van der Waals surface area contributed by atoms with Crippen LogP contribution in [0.5, 0.6) is 0 Å². The zero-order valence-electron chi connectivity index (χ0n) is 18.0. The van der Waals surface area contributed by atoms with Crippen molar-refractivity contribution < 1.29 is 13.2 Å². The van der Waals surface area contributed by atoms with Crippen LogP contribution in [0.3, 0.4) is 0 Å². The second-order valence-electron chi connectivity index (χ2n) is 9.14. The SMILES string of the molecule is Cc1ccc(S(=O)(=O)NC(C)(C)C)cc1C(=O)NCC1CCCN(C(C)C)C1. The molecule has 1 fully saturated rings. The summed E-state index contributed by atoms with van der Waals surface area (Å²) >= 11 is 0. The van der Waals surface area contributed by atoms with Gasteiger partial charge >= 0.3 is 0 Å². The number of amides is 1. The van der Waals surface area contributed by atoms with Gasteiger partial charge in [0.25, 0.3) is 5.91 Å². The van der Waals surface area contributed by atoms with Gasteiger partial charge in [-0.1, -0.05) is 6.07 Å². The molecule has 1 aliphatic rings. The van der Waals surface area contributed by atoms with E-state index >= 15 is 0 Å². The quantitative estimate of drug-likeness (QED) is 0.757. The van der Waals surface area contributed by atoms with Gasteiger partial charge in [-0.25, -0.2) is 13.1 Å². The van der Waals surface area contributed by atoms with Gasteiger partial charge < -0.3 is 10.2 Å². The van der Waals surface area contributed by atoms with Crippen LogP contribution < -0.4 is 10.0 Å². The largest absolute Gasteiger partial charge is 0.352 e. The van der Waals surface area contributed by atoms with Gasteiger partial charge in [0, 0.05) is 30.2 Å². The third-order valence-electron chi connectivity index (χ3n) is 5.04. The van der Waals surface area contributed by atoms with E-state index in [0.29, 0.717) is 24.1 Å². The monoisotopic (exact) mass is 409 g/mol. The summed E-state index contributed by atoms with van der Waals surface area (Å²) in [5, 5.41) is 3.02. The summed E-state index contributed by atoms with van der Waals surface area (Å²) < 4.78 is 27.8. The summed E-state index contributed by atoms with van der Waals surface area (Å²) in [5.74, 6) is 0.210. The van der Waals surface area contributed by atoms with Crippen LogP contribution in [-0.4, -0.2) is 50.4 Å². The topological polar surface area (TPSA) is 78.5 Å². The molecule has 0 bridgehead atoms. The number of hydrogen-bond acceptors (Lipinski definition) is 4. The molecule has 1 aromatic rings. The molecule has 158 valence electrons. The number of piperidine rings is 1. The van der Waals surface area contributed by atoms with E-state index in [-0.39, 0.29) is 10.8 Å². The van der Waals surface area contributed by atoms with Crippen molar-refractivity contribution in [3.05, 3.63) is 29.3 Å². The van der Waals surface area contributed by atoms with Gasteiger partial charge in [0.2, 0.25) is 10.0 Å². The molecule has 0 saturated carbocycles. The summed E-state index contributed by atoms with van der Waals surface area (Å²) in [6.07, 6.45) is 2.25. The first kappa shape index (κ1) is 22.8. The van der Waals surface area contributed by atoms with Crippen LogP contribution in [0.4, 0.5) is 0 Å². The maximum absolute atomic E-state index is 12.7. The van der Waals surface area contributed by atoms with Crippen LogP contribution in [0.15, 0.2) is 23.1 Å². The molecule has 0 aliphatic carbocycles. The predicted molar refractivity (Wildman–Crippen MR) is 113 cm³/mol. The van der Waals surface area contributed by atoms with Crippen LogP contribution in [-0.2, 0) is 10.0 Å². The molecule has 0 spiro atoms. The summed E-state index contributed by atoms with van der Waals surface area (Å²) in [6.45, 7) is 14.3. The van der Waals surface area contributed by atoms with E-state index in [1.807, 2.05) is 6.92 Å². The number of nitrogens with one attached hydrogen (secondary N) is 2. The summed E-state index contributed by atoms with van der Waals surface area (Å²) in [6, 6.07) is 5.22. The van der Waals surface area contributed by atoms with Crippen molar-refractivity contribution in [2.75, 3.05) is 19.6 Å². The average Bonchev–Trinajstić information content (AvgIpc) is 2.58. The number of rotatable bonds is 6. The highest BCUT2D eigenvalue weighted by atomic mass is 32.2. The van der Waals surface area contributed by atoms with Crippen LogP contribution in [0.1, 0.15) is 63.4 Å². The molecule has 1 aromatic carbocycles. The Kier molecular flexibility index (Phi) is 7.28. The molecule has 1 aliphatic heterocycles. The maximum atomic E-state index is 12.7. The summed E-state index contributed by atoms with van der Waals surface area (Å²) in [4.78, 5) is 15.3. The number of hydrogen-bond donors (Lipinski definition) is 2. The lowest BCUT2D eigenvalue weighted by atomic mass is 9.96. The van der Waals surface area contributed by atoms with Crippen molar-refractivity contribution in [1.82, 2.24) is 14.9 Å². The Morgan fingerprint density at radius 2 is 1.96 bits per heavy atom. The number of carbonyl (C=O) groups excluding carboxylic acids is 1. The molecule has 7 heteroatoms. The molecule has 1 saturated heterocycles. The van der Waals surface area contributed by atoms with Crippen LogP contribution in [0.25, 0.3) is 0 Å². The van der Waals surface area contributed by atoms with Gasteiger partial charge in [0.15, 0.2) is 0 Å². The Bertz CT molecular complexity index is 798. The highest BCUT2D eigenvalue weighted by Gasteiger charge is 2.25. The van der Waals surface area contributed by atoms with E-state index in [9.17, 15) is 13.2 Å². The number of nitrogens with zero attached hydrogens (tertiary/aromatic N) is 1. The third kappa shape index (κ3) is 6.29. The van der Waals surface area contributed by atoms with E-state index in [1.54, 1.807) is 32.9 Å². The molecule has 1 unspecified atom stereocenters. The highest BCUT2D eigenvalue weighted by molar-refractivity contribution is 7.89. The Labute approximate surface area is 170 Å². The lowest BCUT2D eigenvalue weighted by molar-refractivity contribution is 0.0922. The molecule has 0 aromatic heterocycles. The molecular formula is C21H35N3O3S.